The summed E-state index contributed by atoms with van der Waals surface area (Å²) in [5, 5.41) is 1.03. The summed E-state index contributed by atoms with van der Waals surface area (Å²) in [7, 11) is 0. The van der Waals surface area contributed by atoms with E-state index in [2.05, 4.69) is 22.5 Å². The maximum atomic E-state index is 10.9. The minimum atomic E-state index is -0.824. The average molecular weight is 389 g/mol. The Hall–Kier alpha value is -3.61. The van der Waals surface area contributed by atoms with Gasteiger partial charge in [-0.2, -0.15) is 0 Å². The van der Waals surface area contributed by atoms with Crippen molar-refractivity contribution >= 4 is 33.8 Å². The number of ether oxygens (including phenoxy) is 1. The molecule has 0 unspecified atom stereocenters. The topological polar surface area (TPSA) is 109 Å². The van der Waals surface area contributed by atoms with Gasteiger partial charge in [0.2, 0.25) is 0 Å². The molecule has 7 heteroatoms. The largest absolute Gasteiger partial charge is 0.411 e. The molecule has 0 aliphatic carbocycles. The van der Waals surface area contributed by atoms with Crippen LogP contribution in [0.15, 0.2) is 48.5 Å². The molecule has 2 heterocycles. The number of pyridine rings is 1. The highest BCUT2D eigenvalue weighted by Gasteiger charge is 2.17. The van der Waals surface area contributed by atoms with Crippen LogP contribution in [0, 0.1) is 0 Å². The molecular formula is C22H23N5O2. The number of para-hydroxylation sites is 1. The van der Waals surface area contributed by atoms with Crippen molar-refractivity contribution in [2.24, 2.45) is 5.73 Å². The zero-order chi connectivity index (χ0) is 20.4. The molecule has 0 saturated carbocycles. The molecule has 7 nitrogen and oxygen atoms in total. The van der Waals surface area contributed by atoms with E-state index in [0.29, 0.717) is 18.1 Å². The smallest absolute Gasteiger partial charge is 0.409 e. The van der Waals surface area contributed by atoms with Crippen molar-refractivity contribution in [2.75, 3.05) is 5.73 Å². The number of imidazole rings is 1. The van der Waals surface area contributed by atoms with Gasteiger partial charge in [-0.25, -0.2) is 14.8 Å². The molecule has 0 radical (unpaired) electrons. The van der Waals surface area contributed by atoms with Gasteiger partial charge in [0.05, 0.1) is 11.0 Å². The molecule has 0 fully saturated rings. The molecule has 2 aromatic heterocycles. The van der Waals surface area contributed by atoms with Crippen LogP contribution in [-0.2, 0) is 13.0 Å². The number of aryl methyl sites for hydroxylation is 1. The lowest BCUT2D eigenvalue weighted by Crippen LogP contribution is -2.16. The molecule has 4 rings (SSSR count). The number of hydrogen-bond donors (Lipinski definition) is 2. The first-order chi connectivity index (χ1) is 14.1. The molecule has 0 bridgehead atoms. The van der Waals surface area contributed by atoms with Gasteiger partial charge in [-0.05, 0) is 30.2 Å². The second-order valence-electron chi connectivity index (χ2n) is 6.99. The number of anilines is 1. The van der Waals surface area contributed by atoms with Gasteiger partial charge in [0.1, 0.15) is 17.1 Å². The summed E-state index contributed by atoms with van der Waals surface area (Å²) in [6.07, 6.45) is 2.16. The summed E-state index contributed by atoms with van der Waals surface area (Å²) in [5.74, 6) is 1.85. The molecule has 148 valence electrons. The van der Waals surface area contributed by atoms with E-state index < -0.39 is 6.09 Å². The summed E-state index contributed by atoms with van der Waals surface area (Å²) in [4.78, 5) is 20.3. The molecule has 0 aliphatic rings. The summed E-state index contributed by atoms with van der Waals surface area (Å²) in [6.45, 7) is 2.79. The Morgan fingerprint density at radius 1 is 1.10 bits per heavy atom. The fourth-order valence-electron chi connectivity index (χ4n) is 3.56. The number of carbonyl (C=O) groups is 1. The Bertz CT molecular complexity index is 1180. The predicted octanol–water partition coefficient (Wildman–Crippen LogP) is 4.02. The number of hydrogen-bond acceptors (Lipinski definition) is 5. The minimum Gasteiger partial charge on any atom is -0.411 e. The number of rotatable bonds is 6. The molecule has 2 aromatic carbocycles. The van der Waals surface area contributed by atoms with E-state index in [0.717, 1.165) is 52.6 Å². The fourth-order valence-corrected chi connectivity index (χ4v) is 3.56. The monoisotopic (exact) mass is 389 g/mol. The summed E-state index contributed by atoms with van der Waals surface area (Å²) in [5.41, 5.74) is 15.0. The Labute approximate surface area is 168 Å². The first-order valence-electron chi connectivity index (χ1n) is 9.66. The molecule has 0 aliphatic heterocycles. The van der Waals surface area contributed by atoms with Crippen molar-refractivity contribution in [1.82, 2.24) is 14.5 Å². The second-order valence-corrected chi connectivity index (χ2v) is 6.99. The third-order valence-corrected chi connectivity index (χ3v) is 4.93. The quantitative estimate of drug-likeness (QED) is 0.518. The van der Waals surface area contributed by atoms with Gasteiger partial charge in [-0.1, -0.05) is 43.7 Å². The highest BCUT2D eigenvalue weighted by atomic mass is 16.5. The second kappa shape index (κ2) is 7.79. The Balaban J connectivity index is 1.83. The maximum absolute atomic E-state index is 10.9. The highest BCUT2D eigenvalue weighted by Crippen LogP contribution is 2.30. The van der Waals surface area contributed by atoms with Gasteiger partial charge in [0.15, 0.2) is 5.82 Å². The van der Waals surface area contributed by atoms with Crippen molar-refractivity contribution in [3.63, 3.8) is 0 Å². The summed E-state index contributed by atoms with van der Waals surface area (Å²) >= 11 is 0. The number of amides is 1. The van der Waals surface area contributed by atoms with Gasteiger partial charge in [-0.3, -0.25) is 0 Å². The first-order valence-corrected chi connectivity index (χ1v) is 9.66. The number of nitrogens with zero attached hydrogens (tertiary/aromatic N) is 3. The molecule has 4 aromatic rings. The van der Waals surface area contributed by atoms with Crippen molar-refractivity contribution < 1.29 is 9.53 Å². The third kappa shape index (κ3) is 3.71. The first kappa shape index (κ1) is 18.7. The zero-order valence-electron chi connectivity index (χ0n) is 16.3. The molecule has 4 N–H and O–H groups in total. The summed E-state index contributed by atoms with van der Waals surface area (Å²) < 4.78 is 7.14. The van der Waals surface area contributed by atoms with Crippen LogP contribution < -0.4 is 16.2 Å². The number of benzene rings is 2. The molecule has 0 spiro atoms. The molecular weight excluding hydrogens is 366 g/mol. The number of nitrogen functional groups attached to an aromatic ring is 1. The number of carbonyl (C=O) groups excluding carboxylic acids is 1. The van der Waals surface area contributed by atoms with Crippen molar-refractivity contribution in [2.45, 2.75) is 32.7 Å². The van der Waals surface area contributed by atoms with Gasteiger partial charge in [0.25, 0.3) is 0 Å². The van der Waals surface area contributed by atoms with Crippen LogP contribution in [0.4, 0.5) is 10.6 Å². The summed E-state index contributed by atoms with van der Waals surface area (Å²) in [6, 6.07) is 15.3. The predicted molar refractivity (Wildman–Crippen MR) is 114 cm³/mol. The van der Waals surface area contributed by atoms with E-state index in [1.165, 1.54) is 0 Å². The SMILES string of the molecule is CCCCc1nc2c(N)nc3ccccc3c2n1Cc1ccc(OC(N)=O)cc1. The Kier molecular flexibility index (Phi) is 5.03. The van der Waals surface area contributed by atoms with Crippen LogP contribution in [0.5, 0.6) is 5.75 Å². The lowest BCUT2D eigenvalue weighted by atomic mass is 10.1. The standard InChI is InChI=1S/C22H23N5O2/c1-2-3-8-18-26-19-20(16-6-4-5-7-17(16)25-21(19)23)27(18)13-14-9-11-15(12-10-14)29-22(24)28/h4-7,9-12H,2-3,8,13H2,1H3,(H2,23,25)(H2,24,28). The number of nitrogens with two attached hydrogens (primary N) is 2. The van der Waals surface area contributed by atoms with E-state index >= 15 is 0 Å². The normalized spacial score (nSPS) is 11.2. The van der Waals surface area contributed by atoms with Crippen LogP contribution in [0.2, 0.25) is 0 Å². The minimum absolute atomic E-state index is 0.418. The van der Waals surface area contributed by atoms with Crippen LogP contribution in [-0.4, -0.2) is 20.6 Å². The highest BCUT2D eigenvalue weighted by molar-refractivity contribution is 6.06. The van der Waals surface area contributed by atoms with Gasteiger partial charge in [0, 0.05) is 18.4 Å². The maximum Gasteiger partial charge on any atom is 0.409 e. The fraction of sp³-hybridized carbons (Fsp3) is 0.227. The molecule has 0 atom stereocenters. The average Bonchev–Trinajstić information content (AvgIpc) is 3.07. The lowest BCUT2D eigenvalue weighted by molar-refractivity contribution is 0.211. The molecule has 0 saturated heterocycles. The van der Waals surface area contributed by atoms with E-state index in [-0.39, 0.29) is 0 Å². The van der Waals surface area contributed by atoms with Crippen molar-refractivity contribution in [1.29, 1.82) is 0 Å². The lowest BCUT2D eigenvalue weighted by Gasteiger charge is -2.11. The zero-order valence-corrected chi connectivity index (χ0v) is 16.3. The van der Waals surface area contributed by atoms with E-state index in [4.69, 9.17) is 21.2 Å². The van der Waals surface area contributed by atoms with E-state index in [9.17, 15) is 4.79 Å². The van der Waals surface area contributed by atoms with Crippen LogP contribution in [0.1, 0.15) is 31.2 Å². The van der Waals surface area contributed by atoms with Gasteiger partial charge < -0.3 is 20.8 Å². The van der Waals surface area contributed by atoms with Crippen molar-refractivity contribution in [3.8, 4) is 5.75 Å². The van der Waals surface area contributed by atoms with Crippen LogP contribution in [0.25, 0.3) is 21.9 Å². The number of fused-ring (bicyclic) bond motifs is 3. The third-order valence-electron chi connectivity index (χ3n) is 4.93. The van der Waals surface area contributed by atoms with Gasteiger partial charge >= 0.3 is 6.09 Å². The Morgan fingerprint density at radius 2 is 1.86 bits per heavy atom. The van der Waals surface area contributed by atoms with Gasteiger partial charge in [-0.15, -0.1) is 0 Å². The van der Waals surface area contributed by atoms with E-state index in [1.54, 1.807) is 12.1 Å². The number of primary amides is 1. The molecule has 1 amide bonds. The van der Waals surface area contributed by atoms with Crippen LogP contribution in [0.3, 0.4) is 0 Å². The van der Waals surface area contributed by atoms with Crippen molar-refractivity contribution in [3.05, 3.63) is 59.9 Å². The van der Waals surface area contributed by atoms with Crippen LogP contribution >= 0.6 is 0 Å². The molecule has 29 heavy (non-hydrogen) atoms. The van der Waals surface area contributed by atoms with E-state index in [1.807, 2.05) is 30.3 Å². The number of unbranched alkanes of at least 4 members (excludes halogenated alkanes) is 1. The number of aromatic nitrogens is 3. The Morgan fingerprint density at radius 3 is 2.59 bits per heavy atom.